The summed E-state index contributed by atoms with van der Waals surface area (Å²) >= 11 is 0. The van der Waals surface area contributed by atoms with Crippen molar-refractivity contribution in [2.45, 2.75) is 25.3 Å². The molecule has 1 aliphatic carbocycles. The van der Waals surface area contributed by atoms with Crippen LogP contribution >= 0.6 is 0 Å². The first-order valence-corrected chi connectivity index (χ1v) is 5.51. The topological polar surface area (TPSA) is 35.2 Å². The Morgan fingerprint density at radius 1 is 1.44 bits per heavy atom. The Balaban J connectivity index is 2.40. The Labute approximate surface area is 94.9 Å². The van der Waals surface area contributed by atoms with Crippen molar-refractivity contribution >= 4 is 5.57 Å². The van der Waals surface area contributed by atoms with E-state index in [0.29, 0.717) is 5.56 Å². The summed E-state index contributed by atoms with van der Waals surface area (Å²) in [5.74, 6) is 0.00268. The smallest absolute Gasteiger partial charge is 0.172 e. The van der Waals surface area contributed by atoms with Crippen LogP contribution in [-0.2, 0) is 0 Å². The molecule has 0 spiro atoms. The molecule has 0 aliphatic heterocycles. The third-order valence-corrected chi connectivity index (χ3v) is 2.93. The molecule has 0 saturated carbocycles. The number of benzene rings is 1. The summed E-state index contributed by atoms with van der Waals surface area (Å²) in [5.41, 5.74) is 7.47. The lowest BCUT2D eigenvalue weighted by Crippen LogP contribution is -2.20. The van der Waals surface area contributed by atoms with Crippen LogP contribution < -0.4 is 10.5 Å². The van der Waals surface area contributed by atoms with Crippen LogP contribution in [0.15, 0.2) is 24.3 Å². The minimum Gasteiger partial charge on any atom is -0.494 e. The van der Waals surface area contributed by atoms with Crippen LogP contribution in [0.2, 0.25) is 0 Å². The lowest BCUT2D eigenvalue weighted by molar-refractivity contribution is 0.386. The molecule has 2 rings (SSSR count). The second-order valence-electron chi connectivity index (χ2n) is 4.07. The van der Waals surface area contributed by atoms with Crippen molar-refractivity contribution in [1.29, 1.82) is 0 Å². The largest absolute Gasteiger partial charge is 0.494 e. The zero-order chi connectivity index (χ0) is 11.5. The summed E-state index contributed by atoms with van der Waals surface area (Å²) in [6.45, 7) is 0. The Kier molecular flexibility index (Phi) is 3.25. The fourth-order valence-electron chi connectivity index (χ4n) is 2.09. The quantitative estimate of drug-likeness (QED) is 0.833. The highest BCUT2D eigenvalue weighted by atomic mass is 19.1. The monoisotopic (exact) mass is 221 g/mol. The molecule has 0 heterocycles. The summed E-state index contributed by atoms with van der Waals surface area (Å²) in [6.07, 6.45) is 4.85. The van der Waals surface area contributed by atoms with E-state index in [0.717, 1.165) is 24.8 Å². The molecule has 16 heavy (non-hydrogen) atoms. The van der Waals surface area contributed by atoms with Crippen LogP contribution in [0.5, 0.6) is 5.75 Å². The number of methoxy groups -OCH3 is 1. The standard InChI is InChI=1S/C13H16FNO/c1-16-12-7-3-6-11(13(12)14)9-4-2-5-10(15)8-9/h3,6-8,10H,2,4-5,15H2,1H3. The van der Waals surface area contributed by atoms with Crippen LogP contribution in [0.1, 0.15) is 24.8 Å². The maximum atomic E-state index is 14.0. The Bertz CT molecular complexity index is 414. The minimum absolute atomic E-state index is 0.0503. The second-order valence-corrected chi connectivity index (χ2v) is 4.07. The summed E-state index contributed by atoms with van der Waals surface area (Å²) in [7, 11) is 1.48. The van der Waals surface area contributed by atoms with E-state index in [1.165, 1.54) is 7.11 Å². The molecule has 3 heteroatoms. The van der Waals surface area contributed by atoms with Gasteiger partial charge < -0.3 is 10.5 Å². The molecule has 0 bridgehead atoms. The first kappa shape index (κ1) is 11.1. The van der Waals surface area contributed by atoms with Crippen LogP contribution in [0.25, 0.3) is 5.57 Å². The van der Waals surface area contributed by atoms with E-state index in [1.54, 1.807) is 18.2 Å². The summed E-state index contributed by atoms with van der Waals surface area (Å²) < 4.78 is 18.9. The lowest BCUT2D eigenvalue weighted by atomic mass is 9.91. The van der Waals surface area contributed by atoms with Gasteiger partial charge in [-0.2, -0.15) is 0 Å². The number of ether oxygens (including phenoxy) is 1. The molecule has 2 N–H and O–H groups in total. The Morgan fingerprint density at radius 3 is 2.94 bits per heavy atom. The zero-order valence-corrected chi connectivity index (χ0v) is 9.37. The lowest BCUT2D eigenvalue weighted by Gasteiger charge is -2.18. The first-order valence-electron chi connectivity index (χ1n) is 5.51. The maximum absolute atomic E-state index is 14.0. The van der Waals surface area contributed by atoms with Gasteiger partial charge in [-0.25, -0.2) is 4.39 Å². The number of hydrogen-bond donors (Lipinski definition) is 1. The molecule has 1 aromatic rings. The summed E-state index contributed by atoms with van der Waals surface area (Å²) in [6, 6.07) is 5.26. The average molecular weight is 221 g/mol. The van der Waals surface area contributed by atoms with Crippen LogP contribution in [0, 0.1) is 5.82 Å². The maximum Gasteiger partial charge on any atom is 0.172 e. The van der Waals surface area contributed by atoms with Gasteiger partial charge in [0.1, 0.15) is 0 Å². The highest BCUT2D eigenvalue weighted by Gasteiger charge is 2.16. The van der Waals surface area contributed by atoms with Gasteiger partial charge in [-0.05, 0) is 30.9 Å². The van der Waals surface area contributed by atoms with Gasteiger partial charge in [-0.3, -0.25) is 0 Å². The van der Waals surface area contributed by atoms with E-state index in [1.807, 2.05) is 6.08 Å². The molecule has 0 saturated heterocycles. The molecule has 1 atom stereocenters. The number of allylic oxidation sites excluding steroid dienone is 1. The first-order chi connectivity index (χ1) is 7.72. The molecule has 1 aliphatic rings. The Morgan fingerprint density at radius 2 is 2.25 bits per heavy atom. The van der Waals surface area contributed by atoms with Crippen molar-refractivity contribution in [3.05, 3.63) is 35.7 Å². The van der Waals surface area contributed by atoms with Crippen molar-refractivity contribution in [3.8, 4) is 5.75 Å². The fraction of sp³-hybridized carbons (Fsp3) is 0.385. The van der Waals surface area contributed by atoms with Gasteiger partial charge in [0.2, 0.25) is 0 Å². The predicted octanol–water partition coefficient (Wildman–Crippen LogP) is 2.73. The molecular weight excluding hydrogens is 205 g/mol. The van der Waals surface area contributed by atoms with Crippen LogP contribution in [0.3, 0.4) is 0 Å². The molecule has 1 aromatic carbocycles. The van der Waals surface area contributed by atoms with Crippen LogP contribution in [-0.4, -0.2) is 13.2 Å². The van der Waals surface area contributed by atoms with Gasteiger partial charge in [0.15, 0.2) is 11.6 Å². The third kappa shape index (κ3) is 2.09. The van der Waals surface area contributed by atoms with Crippen molar-refractivity contribution in [1.82, 2.24) is 0 Å². The van der Waals surface area contributed by atoms with Crippen molar-refractivity contribution in [2.75, 3.05) is 7.11 Å². The molecule has 0 amide bonds. The molecule has 0 fully saturated rings. The van der Waals surface area contributed by atoms with Gasteiger partial charge in [0.05, 0.1) is 7.11 Å². The third-order valence-electron chi connectivity index (χ3n) is 2.93. The summed E-state index contributed by atoms with van der Waals surface area (Å²) in [5, 5.41) is 0. The fourth-order valence-corrected chi connectivity index (χ4v) is 2.09. The van der Waals surface area contributed by atoms with E-state index < -0.39 is 0 Å². The van der Waals surface area contributed by atoms with E-state index in [4.69, 9.17) is 10.5 Å². The van der Waals surface area contributed by atoms with E-state index >= 15 is 0 Å². The molecule has 1 unspecified atom stereocenters. The molecule has 86 valence electrons. The van der Waals surface area contributed by atoms with Gasteiger partial charge in [0, 0.05) is 11.6 Å². The van der Waals surface area contributed by atoms with Gasteiger partial charge in [-0.1, -0.05) is 18.2 Å². The van der Waals surface area contributed by atoms with Crippen LogP contribution in [0.4, 0.5) is 4.39 Å². The van der Waals surface area contributed by atoms with Crippen molar-refractivity contribution in [3.63, 3.8) is 0 Å². The van der Waals surface area contributed by atoms with Crippen molar-refractivity contribution in [2.24, 2.45) is 5.73 Å². The molecular formula is C13H16FNO. The van der Waals surface area contributed by atoms with Gasteiger partial charge in [0.25, 0.3) is 0 Å². The number of nitrogens with two attached hydrogens (primary N) is 1. The zero-order valence-electron chi connectivity index (χ0n) is 9.37. The number of halogens is 1. The molecule has 2 nitrogen and oxygen atoms in total. The number of hydrogen-bond acceptors (Lipinski definition) is 2. The number of rotatable bonds is 2. The highest BCUT2D eigenvalue weighted by Crippen LogP contribution is 2.31. The SMILES string of the molecule is COc1cccc(C2=CC(N)CCC2)c1F. The second kappa shape index (κ2) is 4.66. The van der Waals surface area contributed by atoms with Gasteiger partial charge >= 0.3 is 0 Å². The molecule has 0 radical (unpaired) electrons. The normalized spacial score (nSPS) is 20.4. The minimum atomic E-state index is -0.287. The van der Waals surface area contributed by atoms with Gasteiger partial charge in [-0.15, -0.1) is 0 Å². The Hall–Kier alpha value is -1.35. The average Bonchev–Trinajstić information content (AvgIpc) is 2.29. The van der Waals surface area contributed by atoms with Crippen molar-refractivity contribution < 1.29 is 9.13 Å². The van der Waals surface area contributed by atoms with E-state index in [-0.39, 0.29) is 17.6 Å². The van der Waals surface area contributed by atoms with E-state index in [2.05, 4.69) is 0 Å². The predicted molar refractivity (Wildman–Crippen MR) is 62.8 cm³/mol. The summed E-state index contributed by atoms with van der Waals surface area (Å²) in [4.78, 5) is 0. The molecule has 0 aromatic heterocycles. The highest BCUT2D eigenvalue weighted by molar-refractivity contribution is 5.68. The van der Waals surface area contributed by atoms with E-state index in [9.17, 15) is 4.39 Å².